The fraction of sp³-hybridized carbons (Fsp3) is 0.636. The third-order valence-electron chi connectivity index (χ3n) is 2.72. The molecule has 0 spiro atoms. The van der Waals surface area contributed by atoms with Gasteiger partial charge in [0.15, 0.2) is 6.10 Å². The molecule has 0 bridgehead atoms. The summed E-state index contributed by atoms with van der Waals surface area (Å²) in [5, 5.41) is 3.00. The summed E-state index contributed by atoms with van der Waals surface area (Å²) in [5.41, 5.74) is 0. The van der Waals surface area contributed by atoms with Crippen LogP contribution in [0, 0.1) is 0 Å². The van der Waals surface area contributed by atoms with Crippen LogP contribution in [0.25, 0.3) is 0 Å². The van der Waals surface area contributed by atoms with Crippen molar-refractivity contribution in [1.82, 2.24) is 9.97 Å². The lowest BCUT2D eigenvalue weighted by molar-refractivity contribution is -0.221. The highest BCUT2D eigenvalue weighted by Crippen LogP contribution is 2.27. The molecule has 8 heteroatoms. The van der Waals surface area contributed by atoms with Gasteiger partial charge < -0.3 is 15.0 Å². The van der Waals surface area contributed by atoms with E-state index in [0.29, 0.717) is 18.9 Å². The summed E-state index contributed by atoms with van der Waals surface area (Å²) in [6.07, 6.45) is -4.62. The zero-order valence-electron chi connectivity index (χ0n) is 10.4. The Morgan fingerprint density at radius 1 is 1.53 bits per heavy atom. The molecule has 2 heterocycles. The van der Waals surface area contributed by atoms with Gasteiger partial charge in [-0.15, -0.1) is 0 Å². The maximum atomic E-state index is 12.6. The Balaban J connectivity index is 2.10. The van der Waals surface area contributed by atoms with E-state index >= 15 is 0 Å². The van der Waals surface area contributed by atoms with Crippen LogP contribution in [0.1, 0.15) is 6.92 Å². The normalized spacial score (nSPS) is 20.4. The smallest absolute Gasteiger partial charge is 0.370 e. The van der Waals surface area contributed by atoms with Crippen molar-refractivity contribution in [1.29, 1.82) is 0 Å². The van der Waals surface area contributed by atoms with Crippen molar-refractivity contribution in [2.45, 2.75) is 19.2 Å². The molecule has 1 aromatic rings. The Bertz CT molecular complexity index is 427. The summed E-state index contributed by atoms with van der Waals surface area (Å²) in [5.74, 6) is 0.888. The first-order valence-electron chi connectivity index (χ1n) is 6.01. The Morgan fingerprint density at radius 3 is 3.00 bits per heavy atom. The molecule has 1 N–H and O–H groups in total. The zero-order chi connectivity index (χ0) is 13.9. The minimum atomic E-state index is -4.36. The van der Waals surface area contributed by atoms with Crippen molar-refractivity contribution in [3.63, 3.8) is 0 Å². The molecule has 1 unspecified atom stereocenters. The van der Waals surface area contributed by atoms with Crippen LogP contribution < -0.4 is 10.2 Å². The number of aromatic nitrogens is 2. The lowest BCUT2D eigenvalue weighted by Gasteiger charge is -2.33. The van der Waals surface area contributed by atoms with Crippen molar-refractivity contribution in [2.75, 3.05) is 36.5 Å². The first-order valence-corrected chi connectivity index (χ1v) is 6.01. The predicted octanol–water partition coefficient (Wildman–Crippen LogP) is 1.68. The van der Waals surface area contributed by atoms with Crippen LogP contribution in [0.3, 0.4) is 0 Å². The first-order chi connectivity index (χ1) is 9.00. The summed E-state index contributed by atoms with van der Waals surface area (Å²) in [4.78, 5) is 9.69. The second-order valence-corrected chi connectivity index (χ2v) is 4.12. The molecule has 0 saturated carbocycles. The molecule has 1 saturated heterocycles. The predicted molar refractivity (Wildman–Crippen MR) is 64.2 cm³/mol. The molecule has 1 atom stereocenters. The Hall–Kier alpha value is -1.57. The van der Waals surface area contributed by atoms with Crippen LogP contribution in [-0.2, 0) is 4.74 Å². The standard InChI is InChI=1S/C11H15F3N4O/c1-2-15-9-3-4-16-10(17-9)18-5-6-19-8(7-18)11(12,13)14/h3-4,8H,2,5-7H2,1H3,(H,15,16,17). The molecule has 106 valence electrons. The number of rotatable bonds is 3. The summed E-state index contributed by atoms with van der Waals surface area (Å²) in [6, 6.07) is 1.68. The molecule has 0 radical (unpaired) electrons. The quantitative estimate of drug-likeness (QED) is 0.910. The van der Waals surface area contributed by atoms with Gasteiger partial charge in [0.05, 0.1) is 13.2 Å². The van der Waals surface area contributed by atoms with E-state index in [9.17, 15) is 13.2 Å². The third-order valence-corrected chi connectivity index (χ3v) is 2.72. The van der Waals surface area contributed by atoms with Crippen molar-refractivity contribution in [2.24, 2.45) is 0 Å². The van der Waals surface area contributed by atoms with Gasteiger partial charge in [-0.2, -0.15) is 18.2 Å². The number of nitrogens with one attached hydrogen (secondary N) is 1. The van der Waals surface area contributed by atoms with Crippen molar-refractivity contribution >= 4 is 11.8 Å². The number of nitrogens with zero attached hydrogens (tertiary/aromatic N) is 3. The minimum Gasteiger partial charge on any atom is -0.370 e. The molecular formula is C11H15F3N4O. The Morgan fingerprint density at radius 2 is 2.32 bits per heavy atom. The Kier molecular flexibility index (Phi) is 4.08. The first kappa shape index (κ1) is 13.9. The summed E-state index contributed by atoms with van der Waals surface area (Å²) in [7, 11) is 0. The second-order valence-electron chi connectivity index (χ2n) is 4.12. The van der Waals surface area contributed by atoms with Crippen LogP contribution in [0.5, 0.6) is 0 Å². The number of hydrogen-bond acceptors (Lipinski definition) is 5. The Labute approximate surface area is 108 Å². The highest BCUT2D eigenvalue weighted by molar-refractivity contribution is 5.41. The molecule has 0 aliphatic carbocycles. The topological polar surface area (TPSA) is 50.3 Å². The largest absolute Gasteiger partial charge is 0.416 e. The van der Waals surface area contributed by atoms with Gasteiger partial charge in [-0.05, 0) is 13.0 Å². The molecular weight excluding hydrogens is 261 g/mol. The summed E-state index contributed by atoms with van der Waals surface area (Å²) < 4.78 is 42.6. The van der Waals surface area contributed by atoms with E-state index in [1.165, 1.54) is 11.1 Å². The van der Waals surface area contributed by atoms with Crippen LogP contribution in [-0.4, -0.2) is 48.5 Å². The third kappa shape index (κ3) is 3.46. The number of ether oxygens (including phenoxy) is 1. The molecule has 1 fully saturated rings. The van der Waals surface area contributed by atoms with Crippen molar-refractivity contribution in [3.05, 3.63) is 12.3 Å². The maximum Gasteiger partial charge on any atom is 0.416 e. The van der Waals surface area contributed by atoms with E-state index in [4.69, 9.17) is 4.74 Å². The van der Waals surface area contributed by atoms with Crippen LogP contribution in [0.15, 0.2) is 12.3 Å². The minimum absolute atomic E-state index is 0.0129. The summed E-state index contributed by atoms with van der Waals surface area (Å²) in [6.45, 7) is 2.68. The highest BCUT2D eigenvalue weighted by atomic mass is 19.4. The molecule has 1 aromatic heterocycles. The summed E-state index contributed by atoms with van der Waals surface area (Å²) >= 11 is 0. The van der Waals surface area contributed by atoms with Crippen molar-refractivity contribution < 1.29 is 17.9 Å². The highest BCUT2D eigenvalue weighted by Gasteiger charge is 2.43. The lowest BCUT2D eigenvalue weighted by atomic mass is 10.3. The van der Waals surface area contributed by atoms with Gasteiger partial charge in [0.1, 0.15) is 5.82 Å². The van der Waals surface area contributed by atoms with Crippen LogP contribution >= 0.6 is 0 Å². The molecule has 2 rings (SSSR count). The molecule has 19 heavy (non-hydrogen) atoms. The second kappa shape index (κ2) is 5.60. The molecule has 0 aromatic carbocycles. The number of halogens is 3. The lowest BCUT2D eigenvalue weighted by Crippen LogP contribution is -2.49. The molecule has 5 nitrogen and oxygen atoms in total. The van der Waals surface area contributed by atoms with Gasteiger partial charge in [-0.3, -0.25) is 0 Å². The number of morpholine rings is 1. The molecule has 1 aliphatic heterocycles. The average molecular weight is 276 g/mol. The number of alkyl halides is 3. The monoisotopic (exact) mass is 276 g/mol. The average Bonchev–Trinajstić information content (AvgIpc) is 2.39. The van der Waals surface area contributed by atoms with Gasteiger partial charge in [-0.25, -0.2) is 4.98 Å². The SMILES string of the molecule is CCNc1ccnc(N2CCOC(C(F)(F)F)C2)n1. The van der Waals surface area contributed by atoms with E-state index in [2.05, 4.69) is 15.3 Å². The maximum absolute atomic E-state index is 12.6. The van der Waals surface area contributed by atoms with Crippen LogP contribution in [0.2, 0.25) is 0 Å². The fourth-order valence-corrected chi connectivity index (χ4v) is 1.81. The van der Waals surface area contributed by atoms with E-state index < -0.39 is 12.3 Å². The van der Waals surface area contributed by atoms with Crippen molar-refractivity contribution in [3.8, 4) is 0 Å². The van der Waals surface area contributed by atoms with Gasteiger partial charge in [0.2, 0.25) is 5.95 Å². The fourth-order valence-electron chi connectivity index (χ4n) is 1.81. The van der Waals surface area contributed by atoms with Gasteiger partial charge in [0, 0.05) is 19.3 Å². The number of hydrogen-bond donors (Lipinski definition) is 1. The molecule has 1 aliphatic rings. The van der Waals surface area contributed by atoms with E-state index in [1.54, 1.807) is 6.07 Å². The number of anilines is 2. The van der Waals surface area contributed by atoms with Gasteiger partial charge >= 0.3 is 6.18 Å². The zero-order valence-corrected chi connectivity index (χ0v) is 10.4. The van der Waals surface area contributed by atoms with E-state index in [0.717, 1.165) is 0 Å². The van der Waals surface area contributed by atoms with E-state index in [-0.39, 0.29) is 19.1 Å². The molecule has 0 amide bonds. The van der Waals surface area contributed by atoms with Gasteiger partial charge in [-0.1, -0.05) is 0 Å². The van der Waals surface area contributed by atoms with E-state index in [1.807, 2.05) is 6.92 Å². The van der Waals surface area contributed by atoms with Gasteiger partial charge in [0.25, 0.3) is 0 Å². The van der Waals surface area contributed by atoms with Crippen LogP contribution in [0.4, 0.5) is 24.9 Å².